The lowest BCUT2D eigenvalue weighted by atomic mass is 10.2. The highest BCUT2D eigenvalue weighted by Crippen LogP contribution is 2.28. The van der Waals surface area contributed by atoms with Crippen molar-refractivity contribution in [3.8, 4) is 11.5 Å². The number of ether oxygens (including phenoxy) is 1. The van der Waals surface area contributed by atoms with Crippen LogP contribution in [-0.4, -0.2) is 30.6 Å². The zero-order chi connectivity index (χ0) is 22.6. The predicted octanol–water partition coefficient (Wildman–Crippen LogP) is 4.91. The van der Waals surface area contributed by atoms with Crippen molar-refractivity contribution in [2.24, 2.45) is 7.05 Å². The summed E-state index contributed by atoms with van der Waals surface area (Å²) in [7, 11) is 1.77. The molecule has 0 spiro atoms. The molecule has 0 fully saturated rings. The minimum atomic E-state index is -0.287. The molecule has 162 valence electrons. The number of aromatic nitrogens is 5. The van der Waals surface area contributed by atoms with Crippen LogP contribution in [0.2, 0.25) is 0 Å². The number of rotatable bonds is 6. The van der Waals surface area contributed by atoms with Crippen LogP contribution in [0.5, 0.6) is 11.5 Å². The van der Waals surface area contributed by atoms with Gasteiger partial charge in [-0.25, -0.2) is 4.98 Å². The fourth-order valence-electron chi connectivity index (χ4n) is 3.39. The molecule has 8 heteroatoms. The van der Waals surface area contributed by atoms with Gasteiger partial charge in [-0.2, -0.15) is 5.10 Å². The Hall–Kier alpha value is -4.72. The van der Waals surface area contributed by atoms with E-state index in [1.165, 1.54) is 0 Å². The highest BCUT2D eigenvalue weighted by Gasteiger charge is 2.12. The Morgan fingerprint density at radius 2 is 1.91 bits per heavy atom. The molecular weight excluding hydrogens is 416 g/mol. The Morgan fingerprint density at radius 3 is 2.73 bits per heavy atom. The molecule has 33 heavy (non-hydrogen) atoms. The van der Waals surface area contributed by atoms with Crippen LogP contribution < -0.4 is 10.1 Å². The number of pyridine rings is 1. The number of hydrogen-bond acceptors (Lipinski definition) is 5. The number of aryl methyl sites for hydroxylation is 1. The summed E-state index contributed by atoms with van der Waals surface area (Å²) in [4.78, 5) is 20.8. The number of benzene rings is 2. The van der Waals surface area contributed by atoms with Crippen LogP contribution in [0, 0.1) is 0 Å². The maximum Gasteiger partial charge on any atom is 0.291 e. The van der Waals surface area contributed by atoms with Gasteiger partial charge in [0.05, 0.1) is 16.9 Å². The molecule has 0 aliphatic rings. The van der Waals surface area contributed by atoms with Crippen molar-refractivity contribution in [3.63, 3.8) is 0 Å². The Kier molecular flexibility index (Phi) is 5.38. The molecule has 0 aliphatic carbocycles. The summed E-state index contributed by atoms with van der Waals surface area (Å²) < 4.78 is 7.68. The lowest BCUT2D eigenvalue weighted by Gasteiger charge is -2.09. The van der Waals surface area contributed by atoms with Crippen molar-refractivity contribution in [1.82, 2.24) is 24.7 Å². The van der Waals surface area contributed by atoms with Crippen LogP contribution in [0.3, 0.4) is 0 Å². The average molecular weight is 436 g/mol. The van der Waals surface area contributed by atoms with Gasteiger partial charge >= 0.3 is 0 Å². The summed E-state index contributed by atoms with van der Waals surface area (Å²) in [6.07, 6.45) is 8.91. The summed E-state index contributed by atoms with van der Waals surface area (Å²) in [5, 5.41) is 11.2. The number of nitrogens with one attached hydrogen (secondary N) is 2. The van der Waals surface area contributed by atoms with E-state index in [1.54, 1.807) is 42.3 Å². The third kappa shape index (κ3) is 4.49. The van der Waals surface area contributed by atoms with Crippen molar-refractivity contribution in [2.75, 3.05) is 5.32 Å². The highest BCUT2D eigenvalue weighted by molar-refractivity contribution is 6.01. The normalized spacial score (nSPS) is 11.2. The van der Waals surface area contributed by atoms with E-state index in [9.17, 15) is 4.79 Å². The first-order chi connectivity index (χ1) is 16.2. The van der Waals surface area contributed by atoms with E-state index in [0.717, 1.165) is 22.3 Å². The van der Waals surface area contributed by atoms with Gasteiger partial charge in [0.15, 0.2) is 5.82 Å². The van der Waals surface area contributed by atoms with Gasteiger partial charge in [-0.1, -0.05) is 12.1 Å². The topological polar surface area (TPSA) is 97.7 Å². The Balaban J connectivity index is 1.31. The maximum atomic E-state index is 12.4. The summed E-state index contributed by atoms with van der Waals surface area (Å²) in [5.41, 5.74) is 3.15. The number of imidazole rings is 1. The van der Waals surface area contributed by atoms with Crippen molar-refractivity contribution in [1.29, 1.82) is 0 Å². The molecule has 5 rings (SSSR count). The van der Waals surface area contributed by atoms with E-state index >= 15 is 0 Å². The van der Waals surface area contributed by atoms with Crippen molar-refractivity contribution < 1.29 is 9.53 Å². The summed E-state index contributed by atoms with van der Waals surface area (Å²) in [5.74, 6) is 1.30. The standard InChI is InChI=1S/C25H20N6O2/c1-31-14-13-27-24(31)25(32)28-18-6-4-7-19(15-18)33-20-9-10-21-22(29-30-23(21)16-20)11-8-17-5-2-3-12-26-17/h2-16H,1H3,(H,28,32)(H,29,30)/b11-8+. The number of carbonyl (C=O) groups is 1. The van der Waals surface area contributed by atoms with Crippen LogP contribution in [0.25, 0.3) is 23.1 Å². The predicted molar refractivity (Wildman–Crippen MR) is 127 cm³/mol. The van der Waals surface area contributed by atoms with Crippen LogP contribution in [0.4, 0.5) is 5.69 Å². The van der Waals surface area contributed by atoms with E-state index in [-0.39, 0.29) is 5.91 Å². The second kappa shape index (κ2) is 8.80. The molecule has 3 heterocycles. The summed E-state index contributed by atoms with van der Waals surface area (Å²) in [6, 6.07) is 18.7. The maximum absolute atomic E-state index is 12.4. The number of fused-ring (bicyclic) bond motifs is 1. The third-order valence-electron chi connectivity index (χ3n) is 5.02. The van der Waals surface area contributed by atoms with Gasteiger partial charge in [0.25, 0.3) is 5.91 Å². The molecule has 0 atom stereocenters. The van der Waals surface area contributed by atoms with E-state index < -0.39 is 0 Å². The van der Waals surface area contributed by atoms with Gasteiger partial charge in [0.2, 0.25) is 0 Å². The van der Waals surface area contributed by atoms with Crippen LogP contribution >= 0.6 is 0 Å². The number of amides is 1. The van der Waals surface area contributed by atoms with Gasteiger partial charge in [0.1, 0.15) is 11.5 Å². The largest absolute Gasteiger partial charge is 0.457 e. The number of H-pyrrole nitrogens is 1. The molecule has 5 aromatic rings. The van der Waals surface area contributed by atoms with Gasteiger partial charge in [-0.05, 0) is 48.6 Å². The number of aromatic amines is 1. The first-order valence-corrected chi connectivity index (χ1v) is 10.3. The zero-order valence-electron chi connectivity index (χ0n) is 17.8. The van der Waals surface area contributed by atoms with E-state index in [2.05, 4.69) is 25.5 Å². The number of carbonyl (C=O) groups excluding carboxylic acids is 1. The van der Waals surface area contributed by atoms with Crippen molar-refractivity contribution in [3.05, 3.63) is 96.5 Å². The second-order valence-corrected chi connectivity index (χ2v) is 7.35. The molecule has 2 N–H and O–H groups in total. The molecular formula is C25H20N6O2. The molecule has 3 aromatic heterocycles. The number of nitrogens with zero attached hydrogens (tertiary/aromatic N) is 4. The van der Waals surface area contributed by atoms with Gasteiger partial charge in [-0.15, -0.1) is 0 Å². The molecule has 8 nitrogen and oxygen atoms in total. The molecule has 2 aromatic carbocycles. The van der Waals surface area contributed by atoms with Crippen LogP contribution in [-0.2, 0) is 7.05 Å². The molecule has 0 aliphatic heterocycles. The molecule has 0 radical (unpaired) electrons. The first-order valence-electron chi connectivity index (χ1n) is 10.3. The lowest BCUT2D eigenvalue weighted by Crippen LogP contribution is -2.16. The molecule has 0 saturated heterocycles. The third-order valence-corrected chi connectivity index (χ3v) is 5.02. The van der Waals surface area contributed by atoms with Gasteiger partial charge in [-0.3, -0.25) is 14.9 Å². The molecule has 0 saturated carbocycles. The lowest BCUT2D eigenvalue weighted by molar-refractivity contribution is 0.101. The Labute approximate surface area is 189 Å². The van der Waals surface area contributed by atoms with Crippen LogP contribution in [0.1, 0.15) is 22.0 Å². The average Bonchev–Trinajstić information content (AvgIpc) is 3.44. The van der Waals surface area contributed by atoms with Gasteiger partial charge < -0.3 is 14.6 Å². The highest BCUT2D eigenvalue weighted by atomic mass is 16.5. The van der Waals surface area contributed by atoms with Crippen molar-refractivity contribution >= 4 is 34.6 Å². The second-order valence-electron chi connectivity index (χ2n) is 7.35. The minimum Gasteiger partial charge on any atom is -0.457 e. The quantitative estimate of drug-likeness (QED) is 0.394. The Morgan fingerprint density at radius 1 is 1.00 bits per heavy atom. The fraction of sp³-hybridized carbons (Fsp3) is 0.0400. The Bertz CT molecular complexity index is 1450. The molecule has 1 amide bonds. The van der Waals surface area contributed by atoms with E-state index in [0.29, 0.717) is 23.0 Å². The van der Waals surface area contributed by atoms with Crippen molar-refractivity contribution in [2.45, 2.75) is 0 Å². The smallest absolute Gasteiger partial charge is 0.291 e. The zero-order valence-corrected chi connectivity index (χ0v) is 17.8. The minimum absolute atomic E-state index is 0.287. The number of hydrogen-bond donors (Lipinski definition) is 2. The SMILES string of the molecule is Cn1ccnc1C(=O)Nc1cccc(Oc2ccc3c(/C=C/c4ccccn4)n[nH]c3c2)c1. The molecule has 0 bridgehead atoms. The van der Waals surface area contributed by atoms with E-state index in [4.69, 9.17) is 4.74 Å². The van der Waals surface area contributed by atoms with Crippen LogP contribution in [0.15, 0.2) is 79.3 Å². The first kappa shape index (κ1) is 20.2. The van der Waals surface area contributed by atoms with Gasteiger partial charge in [0, 0.05) is 48.8 Å². The monoisotopic (exact) mass is 436 g/mol. The number of anilines is 1. The summed E-state index contributed by atoms with van der Waals surface area (Å²) >= 11 is 0. The molecule has 0 unspecified atom stereocenters. The summed E-state index contributed by atoms with van der Waals surface area (Å²) in [6.45, 7) is 0. The fourth-order valence-corrected chi connectivity index (χ4v) is 3.39. The van der Waals surface area contributed by atoms with E-state index in [1.807, 2.05) is 60.7 Å².